The van der Waals surface area contributed by atoms with Crippen LogP contribution >= 0.6 is 22.6 Å². The van der Waals surface area contributed by atoms with Crippen LogP contribution in [0.4, 0.5) is 5.82 Å². The molecule has 0 bridgehead atoms. The van der Waals surface area contributed by atoms with E-state index in [2.05, 4.69) is 95.7 Å². The lowest BCUT2D eigenvalue weighted by Crippen LogP contribution is -2.61. The molecule has 0 aliphatic carbocycles. The Hall–Kier alpha value is 0.0606. The summed E-state index contributed by atoms with van der Waals surface area (Å²) in [5, 5.41) is 1.12. The van der Waals surface area contributed by atoms with E-state index in [1.165, 1.54) is 0 Å². The zero-order chi connectivity index (χ0) is 16.8. The molecule has 0 saturated carbocycles. The Balaban J connectivity index is 3.70. The summed E-state index contributed by atoms with van der Waals surface area (Å²) >= 11 is 2.38. The highest BCUT2D eigenvalue weighted by Gasteiger charge is 2.38. The second-order valence-corrected chi connectivity index (χ2v) is 24.6. The minimum absolute atomic E-state index is 0.204. The van der Waals surface area contributed by atoms with Crippen molar-refractivity contribution in [3.63, 3.8) is 0 Å². The van der Waals surface area contributed by atoms with Crippen LogP contribution in [-0.4, -0.2) is 34.5 Å². The van der Waals surface area contributed by atoms with Crippen LogP contribution in [0.15, 0.2) is 4.79 Å². The maximum Gasteiger partial charge on any atom is 0.346 e. The second-order valence-electron chi connectivity index (χ2n) is 8.48. The number of anilines is 1. The smallest absolute Gasteiger partial charge is 0.346 e. The highest BCUT2D eigenvalue weighted by molar-refractivity contribution is 14.1. The van der Waals surface area contributed by atoms with Crippen molar-refractivity contribution in [2.75, 3.05) is 4.23 Å². The number of rotatable bonds is 4. The first-order chi connectivity index (χ1) is 9.15. The van der Waals surface area contributed by atoms with E-state index < -0.39 is 24.5 Å². The summed E-state index contributed by atoms with van der Waals surface area (Å²) in [6, 6.07) is 0. The third-order valence-electron chi connectivity index (χ3n) is 3.16. The van der Waals surface area contributed by atoms with E-state index >= 15 is 0 Å². The number of halogens is 1. The monoisotopic (exact) mass is 453 g/mol. The zero-order valence-corrected chi connectivity index (χ0v) is 19.8. The molecule has 0 fully saturated rings. The fraction of sp³-hybridized carbons (Fsp3) is 0.692. The largest absolute Gasteiger partial charge is 0.409 e. The van der Waals surface area contributed by atoms with Gasteiger partial charge in [-0.3, -0.25) is 0 Å². The van der Waals surface area contributed by atoms with Crippen LogP contribution in [0.2, 0.25) is 58.9 Å². The van der Waals surface area contributed by atoms with Crippen LogP contribution < -0.4 is 15.2 Å². The van der Waals surface area contributed by atoms with E-state index in [0.29, 0.717) is 0 Å². The standard InChI is InChI=1S/C13H28IN3OSi3/c1-19(2,3)12-10(14)11(15-13(18)16-12)17(20(4,5)6)21(7,8)9/h1-9H3,(H,15,16,18). The number of nitrogens with zero attached hydrogens (tertiary/aromatic N) is 2. The van der Waals surface area contributed by atoms with Gasteiger partial charge < -0.3 is 9.22 Å². The minimum Gasteiger partial charge on any atom is -0.409 e. The molecule has 1 heterocycles. The molecular formula is C13H28IN3OSi3. The summed E-state index contributed by atoms with van der Waals surface area (Å²) in [5.41, 5.74) is -0.204. The molecule has 1 aromatic heterocycles. The van der Waals surface area contributed by atoms with Crippen molar-refractivity contribution in [3.8, 4) is 0 Å². The van der Waals surface area contributed by atoms with Gasteiger partial charge in [0.2, 0.25) is 0 Å². The van der Waals surface area contributed by atoms with Crippen molar-refractivity contribution < 1.29 is 0 Å². The van der Waals surface area contributed by atoms with E-state index in [-0.39, 0.29) is 5.69 Å². The van der Waals surface area contributed by atoms with Gasteiger partial charge in [-0.1, -0.05) is 58.9 Å². The number of hydrogen-bond acceptors (Lipinski definition) is 3. The molecule has 8 heteroatoms. The van der Waals surface area contributed by atoms with Crippen molar-refractivity contribution in [1.82, 2.24) is 9.97 Å². The Morgan fingerprint density at radius 1 is 0.952 bits per heavy atom. The lowest BCUT2D eigenvalue weighted by molar-refractivity contribution is 1.06. The number of aromatic nitrogens is 2. The first kappa shape index (κ1) is 19.1. The highest BCUT2D eigenvalue weighted by Crippen LogP contribution is 2.29. The van der Waals surface area contributed by atoms with Crippen molar-refractivity contribution in [2.24, 2.45) is 0 Å². The maximum absolute atomic E-state index is 12.1. The van der Waals surface area contributed by atoms with Gasteiger partial charge in [0, 0.05) is 5.32 Å². The van der Waals surface area contributed by atoms with Gasteiger partial charge in [-0.2, -0.15) is 4.98 Å². The topological polar surface area (TPSA) is 49.0 Å². The van der Waals surface area contributed by atoms with Gasteiger partial charge in [-0.15, -0.1) is 0 Å². The van der Waals surface area contributed by atoms with Crippen LogP contribution in [-0.2, 0) is 0 Å². The first-order valence-electron chi connectivity index (χ1n) is 7.26. The predicted octanol–water partition coefficient (Wildman–Crippen LogP) is 3.40. The fourth-order valence-corrected chi connectivity index (χ4v) is 17.0. The molecule has 0 radical (unpaired) electrons. The average Bonchev–Trinajstić information content (AvgIpc) is 2.16. The van der Waals surface area contributed by atoms with Crippen LogP contribution in [0.25, 0.3) is 0 Å². The second kappa shape index (κ2) is 5.93. The molecule has 0 amide bonds. The fourth-order valence-electron chi connectivity index (χ4n) is 2.75. The number of nitrogens with one attached hydrogen (secondary N) is 1. The van der Waals surface area contributed by atoms with Crippen LogP contribution in [0.5, 0.6) is 0 Å². The predicted molar refractivity (Wildman–Crippen MR) is 110 cm³/mol. The summed E-state index contributed by atoms with van der Waals surface area (Å²) < 4.78 is 3.68. The van der Waals surface area contributed by atoms with E-state index in [4.69, 9.17) is 0 Å². The van der Waals surface area contributed by atoms with Gasteiger partial charge in [-0.25, -0.2) is 4.79 Å². The van der Waals surface area contributed by atoms with E-state index in [1.807, 2.05) is 0 Å². The molecule has 4 nitrogen and oxygen atoms in total. The van der Waals surface area contributed by atoms with E-state index in [0.717, 1.165) is 14.7 Å². The molecule has 0 unspecified atom stereocenters. The Labute approximate surface area is 145 Å². The third-order valence-corrected chi connectivity index (χ3v) is 13.7. The highest BCUT2D eigenvalue weighted by atomic mass is 127. The van der Waals surface area contributed by atoms with Gasteiger partial charge in [-0.05, 0) is 22.6 Å². The Kier molecular flexibility index (Phi) is 5.39. The molecule has 0 aliphatic heterocycles. The average molecular weight is 454 g/mol. The Morgan fingerprint density at radius 2 is 1.38 bits per heavy atom. The van der Waals surface area contributed by atoms with Crippen LogP contribution in [0, 0.1) is 3.57 Å². The van der Waals surface area contributed by atoms with Crippen molar-refractivity contribution in [1.29, 1.82) is 0 Å². The number of hydrogen-bond donors (Lipinski definition) is 1. The van der Waals surface area contributed by atoms with Crippen molar-refractivity contribution in [2.45, 2.75) is 58.9 Å². The molecular weight excluding hydrogens is 425 g/mol. The number of H-pyrrole nitrogens is 1. The van der Waals surface area contributed by atoms with E-state index in [1.54, 1.807) is 0 Å². The molecule has 1 rings (SSSR count). The third kappa shape index (κ3) is 4.52. The summed E-state index contributed by atoms with van der Waals surface area (Å²) in [6.45, 7) is 20.8. The molecule has 0 spiro atoms. The van der Waals surface area contributed by atoms with Crippen LogP contribution in [0.1, 0.15) is 0 Å². The van der Waals surface area contributed by atoms with Crippen molar-refractivity contribution in [3.05, 3.63) is 14.1 Å². The number of aromatic amines is 1. The molecule has 120 valence electrons. The lowest BCUT2D eigenvalue weighted by atomic mass is 10.6. The molecule has 0 saturated heterocycles. The first-order valence-corrected chi connectivity index (χ1v) is 18.7. The Morgan fingerprint density at radius 3 is 1.71 bits per heavy atom. The molecule has 1 aromatic rings. The lowest BCUT2D eigenvalue weighted by Gasteiger charge is -2.45. The van der Waals surface area contributed by atoms with E-state index in [9.17, 15) is 4.79 Å². The van der Waals surface area contributed by atoms with Gasteiger partial charge in [0.05, 0.1) is 11.6 Å². The summed E-state index contributed by atoms with van der Waals surface area (Å²) in [6.07, 6.45) is 0. The summed E-state index contributed by atoms with van der Waals surface area (Å²) in [7, 11) is -4.82. The molecule has 1 N–H and O–H groups in total. The maximum atomic E-state index is 12.1. The van der Waals surface area contributed by atoms with Gasteiger partial charge in [0.25, 0.3) is 0 Å². The summed E-state index contributed by atoms with van der Waals surface area (Å²) in [5.74, 6) is 0.926. The zero-order valence-electron chi connectivity index (χ0n) is 14.7. The van der Waals surface area contributed by atoms with Gasteiger partial charge >= 0.3 is 5.69 Å². The Bertz CT molecular complexity index is 568. The molecule has 0 aliphatic rings. The van der Waals surface area contributed by atoms with Crippen molar-refractivity contribution >= 4 is 58.3 Å². The SMILES string of the molecule is C[Si](C)(C)c1[nH]c(=O)nc(N([Si](C)(C)C)[Si](C)(C)C)c1I. The van der Waals surface area contributed by atoms with Gasteiger partial charge in [0.15, 0.2) is 0 Å². The normalized spacial score (nSPS) is 13.4. The molecule has 21 heavy (non-hydrogen) atoms. The molecule has 0 aromatic carbocycles. The molecule has 0 atom stereocenters. The van der Waals surface area contributed by atoms with Crippen LogP contribution in [0.3, 0.4) is 0 Å². The summed E-state index contributed by atoms with van der Waals surface area (Å²) in [4.78, 5) is 19.5. The quantitative estimate of drug-likeness (QED) is 0.562. The minimum atomic E-state index is -1.61. The van der Waals surface area contributed by atoms with Gasteiger partial charge in [0.1, 0.15) is 22.3 Å².